The Morgan fingerprint density at radius 3 is 2.48 bits per heavy atom. The van der Waals surface area contributed by atoms with Gasteiger partial charge in [0, 0.05) is 11.7 Å². The number of aromatic nitrogens is 1. The van der Waals surface area contributed by atoms with Gasteiger partial charge in [0.05, 0.1) is 0 Å². The van der Waals surface area contributed by atoms with Gasteiger partial charge < -0.3 is 10.6 Å². The van der Waals surface area contributed by atoms with Gasteiger partial charge in [-0.25, -0.2) is 0 Å². The lowest BCUT2D eigenvalue weighted by atomic mass is 10.1. The van der Waals surface area contributed by atoms with Gasteiger partial charge >= 0.3 is 6.18 Å². The molecule has 3 rings (SSSR count). The monoisotopic (exact) mass is 379 g/mol. The minimum atomic E-state index is -4.87. The van der Waals surface area contributed by atoms with Crippen molar-refractivity contribution in [3.8, 4) is 0 Å². The van der Waals surface area contributed by atoms with Crippen LogP contribution in [0.2, 0.25) is 0 Å². The van der Waals surface area contributed by atoms with E-state index < -0.39 is 41.4 Å². The van der Waals surface area contributed by atoms with Crippen molar-refractivity contribution >= 4 is 17.5 Å². The number of amides is 2. The van der Waals surface area contributed by atoms with Crippen LogP contribution in [0.3, 0.4) is 0 Å². The van der Waals surface area contributed by atoms with E-state index in [1.807, 2.05) is 12.1 Å². The highest BCUT2D eigenvalue weighted by Gasteiger charge is 2.37. The zero-order valence-electron chi connectivity index (χ0n) is 14.3. The number of primary amides is 1. The molecule has 0 bridgehead atoms. The van der Waals surface area contributed by atoms with Crippen LogP contribution in [0, 0.1) is 0 Å². The van der Waals surface area contributed by atoms with Crippen molar-refractivity contribution in [3.05, 3.63) is 63.6 Å². The molecule has 142 valence electrons. The smallest absolute Gasteiger partial charge is 0.365 e. The number of halogens is 3. The van der Waals surface area contributed by atoms with Crippen LogP contribution < -0.4 is 16.2 Å². The number of pyridine rings is 1. The number of anilines is 1. The summed E-state index contributed by atoms with van der Waals surface area (Å²) >= 11 is 0. The highest BCUT2D eigenvalue weighted by Crippen LogP contribution is 2.33. The van der Waals surface area contributed by atoms with Gasteiger partial charge in [-0.15, -0.1) is 0 Å². The number of alkyl halides is 3. The molecular weight excluding hydrogens is 363 g/mol. The Morgan fingerprint density at radius 2 is 1.85 bits per heavy atom. The average molecular weight is 379 g/mol. The first-order valence-electron chi connectivity index (χ1n) is 8.12. The largest absolute Gasteiger partial charge is 0.431 e. The first-order chi connectivity index (χ1) is 12.6. The first kappa shape index (κ1) is 18.7. The highest BCUT2D eigenvalue weighted by molar-refractivity contribution is 5.96. The fourth-order valence-corrected chi connectivity index (χ4v) is 3.33. The lowest BCUT2D eigenvalue weighted by Gasteiger charge is -2.24. The second-order valence-electron chi connectivity index (χ2n) is 6.33. The minimum absolute atomic E-state index is 0.260. The second kappa shape index (κ2) is 6.57. The van der Waals surface area contributed by atoms with E-state index in [0.717, 1.165) is 11.6 Å². The molecule has 6 nitrogen and oxygen atoms in total. The third kappa shape index (κ3) is 3.32. The maximum absolute atomic E-state index is 13.3. The van der Waals surface area contributed by atoms with E-state index in [1.54, 1.807) is 19.1 Å². The third-order valence-electron chi connectivity index (χ3n) is 4.50. The lowest BCUT2D eigenvalue weighted by molar-refractivity contribution is -0.144. The van der Waals surface area contributed by atoms with E-state index in [0.29, 0.717) is 18.2 Å². The summed E-state index contributed by atoms with van der Waals surface area (Å²) in [6.07, 6.45) is -4.31. The molecule has 0 radical (unpaired) electrons. The number of nitrogens with zero attached hydrogens (tertiary/aromatic N) is 2. The Balaban J connectivity index is 2.05. The summed E-state index contributed by atoms with van der Waals surface area (Å²) in [5.74, 6) is -1.84. The van der Waals surface area contributed by atoms with Gasteiger partial charge in [-0.1, -0.05) is 18.2 Å². The van der Waals surface area contributed by atoms with E-state index in [9.17, 15) is 27.6 Å². The summed E-state index contributed by atoms with van der Waals surface area (Å²) in [5.41, 5.74) is 3.38. The normalized spacial score (nSPS) is 16.3. The van der Waals surface area contributed by atoms with Crippen LogP contribution in [0.4, 0.5) is 18.9 Å². The molecule has 1 aromatic heterocycles. The molecule has 0 saturated carbocycles. The molecule has 2 aromatic rings. The Kier molecular flexibility index (Phi) is 4.54. The number of hydrogen-bond acceptors (Lipinski definition) is 3. The predicted octanol–water partition coefficient (Wildman–Crippen LogP) is 1.94. The average Bonchev–Trinajstić information content (AvgIpc) is 2.90. The lowest BCUT2D eigenvalue weighted by Crippen LogP contribution is -2.42. The van der Waals surface area contributed by atoms with Gasteiger partial charge in [0.2, 0.25) is 5.91 Å². The first-order valence-corrected chi connectivity index (χ1v) is 8.12. The second-order valence-corrected chi connectivity index (χ2v) is 6.33. The Bertz CT molecular complexity index is 982. The number of para-hydroxylation sites is 1. The summed E-state index contributed by atoms with van der Waals surface area (Å²) in [5, 5.41) is 0. The van der Waals surface area contributed by atoms with Crippen molar-refractivity contribution in [3.63, 3.8) is 0 Å². The van der Waals surface area contributed by atoms with Crippen molar-refractivity contribution in [2.24, 2.45) is 5.73 Å². The zero-order valence-corrected chi connectivity index (χ0v) is 14.3. The maximum Gasteiger partial charge on any atom is 0.431 e. The minimum Gasteiger partial charge on any atom is -0.365 e. The van der Waals surface area contributed by atoms with Gasteiger partial charge in [0.1, 0.15) is 17.8 Å². The Hall–Kier alpha value is -3.10. The highest BCUT2D eigenvalue weighted by atomic mass is 19.4. The number of rotatable bonds is 3. The van der Waals surface area contributed by atoms with Crippen LogP contribution >= 0.6 is 0 Å². The van der Waals surface area contributed by atoms with E-state index >= 15 is 0 Å². The molecule has 0 unspecified atom stereocenters. The summed E-state index contributed by atoms with van der Waals surface area (Å²) in [6, 6.07) is 8.10. The van der Waals surface area contributed by atoms with Crippen molar-refractivity contribution in [1.82, 2.24) is 4.57 Å². The zero-order chi connectivity index (χ0) is 19.9. The summed E-state index contributed by atoms with van der Waals surface area (Å²) in [6.45, 7) is 0.915. The van der Waals surface area contributed by atoms with Crippen molar-refractivity contribution in [1.29, 1.82) is 0 Å². The molecule has 1 aromatic carbocycles. The molecule has 9 heteroatoms. The van der Waals surface area contributed by atoms with Crippen LogP contribution in [0.15, 0.2) is 41.2 Å². The van der Waals surface area contributed by atoms with E-state index in [1.165, 1.54) is 4.90 Å². The molecule has 0 saturated heterocycles. The Morgan fingerprint density at radius 1 is 1.19 bits per heavy atom. The summed E-state index contributed by atoms with van der Waals surface area (Å²) in [7, 11) is 0. The van der Waals surface area contributed by atoms with Crippen molar-refractivity contribution < 1.29 is 22.8 Å². The number of carbonyl (C=O) groups is 2. The SMILES string of the molecule is C[C@H]1Cc2ccccc2N1C(=O)Cn1c(C(F)(F)F)ccc(C(N)=O)c1=O. The van der Waals surface area contributed by atoms with Gasteiger partial charge in [-0.2, -0.15) is 13.2 Å². The molecule has 0 spiro atoms. The standard InChI is InChI=1S/C18H16F3N3O3/c1-10-8-11-4-2-3-5-13(11)24(10)15(25)9-23-14(18(19,20)21)7-6-12(16(22)26)17(23)27/h2-7,10H,8-9H2,1H3,(H2,22,26)/t10-/m0/s1. The molecule has 1 atom stereocenters. The Labute approximate surface area is 152 Å². The molecule has 27 heavy (non-hydrogen) atoms. The molecule has 2 heterocycles. The van der Waals surface area contributed by atoms with E-state index in [2.05, 4.69) is 0 Å². The molecule has 2 amide bonds. The number of nitrogens with two attached hydrogens (primary N) is 1. The molecule has 2 N–H and O–H groups in total. The van der Waals surface area contributed by atoms with Crippen LogP contribution in [-0.4, -0.2) is 22.4 Å². The van der Waals surface area contributed by atoms with Crippen molar-refractivity contribution in [2.45, 2.75) is 32.1 Å². The van der Waals surface area contributed by atoms with Crippen molar-refractivity contribution in [2.75, 3.05) is 4.90 Å². The number of benzene rings is 1. The fourth-order valence-electron chi connectivity index (χ4n) is 3.33. The fraction of sp³-hybridized carbons (Fsp3) is 0.278. The van der Waals surface area contributed by atoms with Gasteiger partial charge in [0.15, 0.2) is 0 Å². The van der Waals surface area contributed by atoms with Gasteiger partial charge in [0.25, 0.3) is 11.5 Å². The van der Waals surface area contributed by atoms with Crippen LogP contribution in [-0.2, 0) is 23.9 Å². The molecule has 1 aliphatic heterocycles. The molecule has 0 aliphatic carbocycles. The molecule has 1 aliphatic rings. The topological polar surface area (TPSA) is 85.4 Å². The predicted molar refractivity (Wildman–Crippen MR) is 91.3 cm³/mol. The molecule has 0 fully saturated rings. The van der Waals surface area contributed by atoms with Gasteiger partial charge in [-0.05, 0) is 37.1 Å². The van der Waals surface area contributed by atoms with E-state index in [4.69, 9.17) is 5.73 Å². The number of hydrogen-bond donors (Lipinski definition) is 1. The van der Waals surface area contributed by atoms with E-state index in [-0.39, 0.29) is 10.6 Å². The molecular formula is C18H16F3N3O3. The van der Waals surface area contributed by atoms with Crippen LogP contribution in [0.25, 0.3) is 0 Å². The maximum atomic E-state index is 13.3. The van der Waals surface area contributed by atoms with Crippen LogP contribution in [0.1, 0.15) is 28.5 Å². The quantitative estimate of drug-likeness (QED) is 0.885. The number of fused-ring (bicyclic) bond motifs is 1. The summed E-state index contributed by atoms with van der Waals surface area (Å²) in [4.78, 5) is 37.8. The van der Waals surface area contributed by atoms with Gasteiger partial charge in [-0.3, -0.25) is 19.0 Å². The van der Waals surface area contributed by atoms with Crippen LogP contribution in [0.5, 0.6) is 0 Å². The third-order valence-corrected chi connectivity index (χ3v) is 4.50. The number of carbonyl (C=O) groups excluding carboxylic acids is 2. The summed E-state index contributed by atoms with van der Waals surface area (Å²) < 4.78 is 40.2.